The summed E-state index contributed by atoms with van der Waals surface area (Å²) in [5, 5.41) is 10.6. The van der Waals surface area contributed by atoms with Crippen LogP contribution in [0.5, 0.6) is 5.88 Å². The van der Waals surface area contributed by atoms with Gasteiger partial charge in [-0.15, -0.1) is 0 Å². The van der Waals surface area contributed by atoms with Crippen molar-refractivity contribution < 1.29 is 5.11 Å². The van der Waals surface area contributed by atoms with Crippen LogP contribution in [0.15, 0.2) is 47.4 Å². The van der Waals surface area contributed by atoms with Crippen LogP contribution in [-0.4, -0.2) is 20.1 Å². The van der Waals surface area contributed by atoms with Gasteiger partial charge in [-0.3, -0.25) is 4.79 Å². The van der Waals surface area contributed by atoms with Crippen LogP contribution in [-0.2, 0) is 0 Å². The third-order valence-electron chi connectivity index (χ3n) is 2.89. The van der Waals surface area contributed by atoms with E-state index in [1.165, 1.54) is 0 Å². The molecular weight excluding hydrogens is 278 g/mol. The van der Waals surface area contributed by atoms with Crippen molar-refractivity contribution in [2.24, 2.45) is 0 Å². The first kappa shape index (κ1) is 12.5. The molecule has 5 nitrogen and oxygen atoms in total. The lowest BCUT2D eigenvalue weighted by atomic mass is 10.1. The van der Waals surface area contributed by atoms with E-state index in [0.717, 1.165) is 0 Å². The van der Waals surface area contributed by atoms with Crippen molar-refractivity contribution in [1.82, 2.24) is 15.0 Å². The molecular formula is C14H10ClN3O2. The minimum atomic E-state index is -0.413. The first-order valence-electron chi connectivity index (χ1n) is 5.88. The van der Waals surface area contributed by atoms with E-state index in [4.69, 9.17) is 11.6 Å². The number of aromatic hydroxyl groups is 1. The monoisotopic (exact) mass is 287 g/mol. The van der Waals surface area contributed by atoms with Gasteiger partial charge >= 0.3 is 0 Å². The molecule has 0 spiro atoms. The van der Waals surface area contributed by atoms with Crippen LogP contribution in [0.25, 0.3) is 22.6 Å². The van der Waals surface area contributed by atoms with Gasteiger partial charge in [0.2, 0.25) is 5.88 Å². The van der Waals surface area contributed by atoms with Gasteiger partial charge in [0.15, 0.2) is 5.82 Å². The van der Waals surface area contributed by atoms with Gasteiger partial charge in [-0.05, 0) is 29.8 Å². The maximum Gasteiger partial charge on any atom is 0.262 e. The summed E-state index contributed by atoms with van der Waals surface area (Å²) in [4.78, 5) is 21.7. The fraction of sp³-hybridized carbons (Fsp3) is 0. The minimum Gasteiger partial charge on any atom is -0.493 e. The molecule has 0 aliphatic heterocycles. The van der Waals surface area contributed by atoms with Crippen molar-refractivity contribution in [2.45, 2.75) is 0 Å². The van der Waals surface area contributed by atoms with Crippen LogP contribution >= 0.6 is 11.6 Å². The number of aromatic amines is 2. The molecule has 3 N–H and O–H groups in total. The van der Waals surface area contributed by atoms with Crippen LogP contribution in [0.1, 0.15) is 0 Å². The highest BCUT2D eigenvalue weighted by Gasteiger charge is 2.14. The number of benzene rings is 1. The van der Waals surface area contributed by atoms with Crippen LogP contribution in [0.3, 0.4) is 0 Å². The van der Waals surface area contributed by atoms with E-state index in [1.54, 1.807) is 42.6 Å². The molecule has 3 aromatic rings. The average molecular weight is 288 g/mol. The first-order valence-corrected chi connectivity index (χ1v) is 6.26. The summed E-state index contributed by atoms with van der Waals surface area (Å²) in [5.74, 6) is -0.0316. The van der Waals surface area contributed by atoms with Crippen LogP contribution in [0, 0.1) is 0 Å². The molecule has 0 aliphatic rings. The fourth-order valence-corrected chi connectivity index (χ4v) is 2.07. The second kappa shape index (κ2) is 4.86. The Labute approximate surface area is 118 Å². The molecule has 20 heavy (non-hydrogen) atoms. The van der Waals surface area contributed by atoms with Crippen LogP contribution < -0.4 is 5.56 Å². The van der Waals surface area contributed by atoms with Gasteiger partial charge in [0, 0.05) is 11.2 Å². The summed E-state index contributed by atoms with van der Waals surface area (Å²) in [6, 6.07) is 10.1. The summed E-state index contributed by atoms with van der Waals surface area (Å²) in [6.45, 7) is 0. The lowest BCUT2D eigenvalue weighted by Gasteiger charge is -2.05. The number of rotatable bonds is 2. The van der Waals surface area contributed by atoms with Gasteiger partial charge in [-0.1, -0.05) is 23.7 Å². The normalized spacial score (nSPS) is 10.7. The molecule has 0 unspecified atom stereocenters. The number of H-pyrrole nitrogens is 2. The van der Waals surface area contributed by atoms with Crippen molar-refractivity contribution in [3.63, 3.8) is 0 Å². The van der Waals surface area contributed by atoms with E-state index in [2.05, 4.69) is 15.0 Å². The maximum absolute atomic E-state index is 12.1. The zero-order chi connectivity index (χ0) is 14.1. The molecule has 0 saturated carbocycles. The Hall–Kier alpha value is -2.53. The zero-order valence-corrected chi connectivity index (χ0v) is 11.0. The van der Waals surface area contributed by atoms with E-state index in [1.807, 2.05) is 0 Å². The Bertz CT molecular complexity index is 792. The Kier molecular flexibility index (Phi) is 3.04. The van der Waals surface area contributed by atoms with Gasteiger partial charge in [0.05, 0.1) is 5.69 Å². The smallest absolute Gasteiger partial charge is 0.262 e. The van der Waals surface area contributed by atoms with E-state index >= 15 is 0 Å². The van der Waals surface area contributed by atoms with Gasteiger partial charge < -0.3 is 15.1 Å². The van der Waals surface area contributed by atoms with E-state index in [-0.39, 0.29) is 17.3 Å². The summed E-state index contributed by atoms with van der Waals surface area (Å²) < 4.78 is 0. The van der Waals surface area contributed by atoms with E-state index < -0.39 is 5.56 Å². The molecule has 0 saturated heterocycles. The van der Waals surface area contributed by atoms with Crippen molar-refractivity contribution in [2.75, 3.05) is 0 Å². The maximum atomic E-state index is 12.1. The number of aromatic nitrogens is 3. The molecule has 1 aromatic carbocycles. The Morgan fingerprint density at radius 2 is 1.90 bits per heavy atom. The Morgan fingerprint density at radius 3 is 2.50 bits per heavy atom. The van der Waals surface area contributed by atoms with Crippen LogP contribution in [0.4, 0.5) is 0 Å². The summed E-state index contributed by atoms with van der Waals surface area (Å²) in [7, 11) is 0. The molecule has 6 heteroatoms. The van der Waals surface area contributed by atoms with Gasteiger partial charge in [0.1, 0.15) is 5.56 Å². The summed E-state index contributed by atoms with van der Waals surface area (Å²) >= 11 is 5.80. The SMILES string of the molecule is O=c1[nH]c(-c2ccc[nH]2)nc(O)c1-c1ccc(Cl)cc1. The van der Waals surface area contributed by atoms with Crippen molar-refractivity contribution in [3.8, 4) is 28.5 Å². The van der Waals surface area contributed by atoms with Gasteiger partial charge in [-0.25, -0.2) is 0 Å². The Morgan fingerprint density at radius 1 is 1.15 bits per heavy atom. The molecule has 3 rings (SSSR count). The van der Waals surface area contributed by atoms with Crippen molar-refractivity contribution >= 4 is 11.6 Å². The van der Waals surface area contributed by atoms with Crippen LogP contribution in [0.2, 0.25) is 5.02 Å². The highest BCUT2D eigenvalue weighted by Crippen LogP contribution is 2.26. The van der Waals surface area contributed by atoms with Crippen molar-refractivity contribution in [1.29, 1.82) is 0 Å². The molecule has 0 radical (unpaired) electrons. The molecule has 0 amide bonds. The molecule has 0 bridgehead atoms. The molecule has 0 aliphatic carbocycles. The van der Waals surface area contributed by atoms with Gasteiger partial charge in [0.25, 0.3) is 5.56 Å². The highest BCUT2D eigenvalue weighted by molar-refractivity contribution is 6.30. The highest BCUT2D eigenvalue weighted by atomic mass is 35.5. The summed E-state index contributed by atoms with van der Waals surface area (Å²) in [5.41, 5.74) is 0.889. The molecule has 0 fully saturated rings. The van der Waals surface area contributed by atoms with E-state index in [9.17, 15) is 9.90 Å². The minimum absolute atomic E-state index is 0.122. The van der Waals surface area contributed by atoms with E-state index in [0.29, 0.717) is 16.3 Å². The number of nitrogens with one attached hydrogen (secondary N) is 2. The van der Waals surface area contributed by atoms with Gasteiger partial charge in [-0.2, -0.15) is 4.98 Å². The average Bonchev–Trinajstić information content (AvgIpc) is 2.94. The second-order valence-electron chi connectivity index (χ2n) is 4.20. The fourth-order valence-electron chi connectivity index (χ4n) is 1.94. The number of nitrogens with zero attached hydrogens (tertiary/aromatic N) is 1. The zero-order valence-electron chi connectivity index (χ0n) is 10.2. The third kappa shape index (κ3) is 2.19. The number of halogens is 1. The lowest BCUT2D eigenvalue weighted by molar-refractivity contribution is 0.454. The standard InChI is InChI=1S/C14H10ClN3O2/c15-9-5-3-8(4-6-9)11-13(19)17-12(18-14(11)20)10-2-1-7-16-10/h1-7,16H,(H2,17,18,19,20). The number of hydrogen-bond acceptors (Lipinski definition) is 3. The quantitative estimate of drug-likeness (QED) is 0.678. The summed E-state index contributed by atoms with van der Waals surface area (Å²) in [6.07, 6.45) is 1.71. The first-order chi connectivity index (χ1) is 9.65. The lowest BCUT2D eigenvalue weighted by Crippen LogP contribution is -2.12. The molecule has 0 atom stereocenters. The molecule has 2 heterocycles. The Balaban J connectivity index is 2.14. The van der Waals surface area contributed by atoms with Crippen molar-refractivity contribution in [3.05, 3.63) is 58.0 Å². The third-order valence-corrected chi connectivity index (χ3v) is 3.14. The molecule has 2 aromatic heterocycles. The predicted molar refractivity (Wildman–Crippen MR) is 76.8 cm³/mol. The second-order valence-corrected chi connectivity index (χ2v) is 4.64. The topological polar surface area (TPSA) is 81.8 Å². The largest absolute Gasteiger partial charge is 0.493 e. The molecule has 100 valence electrons. The predicted octanol–water partition coefficient (Wildman–Crippen LogP) is 2.79. The number of hydrogen-bond donors (Lipinski definition) is 3.